The lowest BCUT2D eigenvalue weighted by atomic mass is 10.2. The molecule has 0 atom stereocenters. The third-order valence-corrected chi connectivity index (χ3v) is 2.80. The van der Waals surface area contributed by atoms with Gasteiger partial charge in [0, 0.05) is 9.92 Å². The smallest absolute Gasteiger partial charge is 0.0720 e. The highest BCUT2D eigenvalue weighted by Crippen LogP contribution is 2.24. The average molecular weight is 218 g/mol. The second kappa shape index (κ2) is 5.50. The van der Waals surface area contributed by atoms with Gasteiger partial charge in [-0.05, 0) is 36.4 Å². The molecule has 4 heteroatoms. The van der Waals surface area contributed by atoms with Crippen molar-refractivity contribution in [3.8, 4) is 0 Å². The molecular weight excluding hydrogens is 206 g/mol. The highest BCUT2D eigenvalue weighted by Gasteiger charge is 2.01. The summed E-state index contributed by atoms with van der Waals surface area (Å²) in [6.45, 7) is 0.522. The summed E-state index contributed by atoms with van der Waals surface area (Å²) in [5, 5.41) is 0.754. The molecule has 0 aliphatic heterocycles. The fourth-order valence-corrected chi connectivity index (χ4v) is 1.93. The molecule has 13 heavy (non-hydrogen) atoms. The van der Waals surface area contributed by atoms with Gasteiger partial charge in [0.15, 0.2) is 0 Å². The minimum Gasteiger partial charge on any atom is -0.304 e. The fourth-order valence-electron chi connectivity index (χ4n) is 1.11. The predicted molar refractivity (Wildman–Crippen MR) is 57.1 cm³/mol. The molecule has 0 heterocycles. The molecule has 0 radical (unpaired) electrons. The van der Waals surface area contributed by atoms with Gasteiger partial charge in [-0.3, -0.25) is 0 Å². The molecule has 0 unspecified atom stereocenters. The van der Waals surface area contributed by atoms with Crippen molar-refractivity contribution in [3.05, 3.63) is 28.8 Å². The zero-order valence-corrected chi connectivity index (χ0v) is 8.99. The van der Waals surface area contributed by atoms with Crippen LogP contribution in [0.2, 0.25) is 5.02 Å². The molecule has 0 saturated heterocycles. The third-order valence-electron chi connectivity index (χ3n) is 1.73. The molecule has 0 fully saturated rings. The van der Waals surface area contributed by atoms with E-state index in [4.69, 9.17) is 17.5 Å². The average Bonchev–Trinajstić information content (AvgIpc) is 2.15. The monoisotopic (exact) mass is 217 g/mol. The van der Waals surface area contributed by atoms with E-state index in [9.17, 15) is 0 Å². The number of halogens is 1. The number of hydrogen-bond acceptors (Lipinski definition) is 3. The highest BCUT2D eigenvalue weighted by atomic mass is 35.5. The van der Waals surface area contributed by atoms with E-state index in [2.05, 4.69) is 4.84 Å². The summed E-state index contributed by atoms with van der Waals surface area (Å²) in [6, 6.07) is 5.85. The molecule has 0 saturated carbocycles. The van der Waals surface area contributed by atoms with Crippen molar-refractivity contribution in [2.45, 2.75) is 11.3 Å². The fraction of sp³-hybridized carbons (Fsp3) is 0.333. The lowest BCUT2D eigenvalue weighted by Crippen LogP contribution is -2.04. The molecule has 1 aromatic carbocycles. The van der Waals surface area contributed by atoms with E-state index in [-0.39, 0.29) is 0 Å². The maximum absolute atomic E-state index is 5.87. The standard InChI is InChI=1S/C9H12ClNOS/c1-13-9-3-2-8(10)6-7(9)4-5-12-11/h2-3,6H,4-5,11H2,1H3. The van der Waals surface area contributed by atoms with Gasteiger partial charge in [0.05, 0.1) is 6.61 Å². The van der Waals surface area contributed by atoms with Gasteiger partial charge in [0.2, 0.25) is 0 Å². The van der Waals surface area contributed by atoms with Gasteiger partial charge in [-0.1, -0.05) is 11.6 Å². The first-order valence-corrected chi connectivity index (χ1v) is 5.52. The van der Waals surface area contributed by atoms with E-state index in [0.29, 0.717) is 6.61 Å². The van der Waals surface area contributed by atoms with Gasteiger partial charge in [-0.2, -0.15) is 0 Å². The molecule has 0 amide bonds. The Morgan fingerprint density at radius 1 is 1.54 bits per heavy atom. The number of hydrogen-bond donors (Lipinski definition) is 1. The Labute approximate surface area is 87.4 Å². The van der Waals surface area contributed by atoms with Crippen LogP contribution in [0.3, 0.4) is 0 Å². The molecule has 1 aromatic rings. The first-order chi connectivity index (χ1) is 6.27. The predicted octanol–water partition coefficient (Wildman–Crippen LogP) is 2.49. The van der Waals surface area contributed by atoms with Crippen molar-refractivity contribution in [3.63, 3.8) is 0 Å². The minimum absolute atomic E-state index is 0.522. The van der Waals surface area contributed by atoms with Crippen molar-refractivity contribution in [1.82, 2.24) is 0 Å². The Bertz CT molecular complexity index is 280. The quantitative estimate of drug-likeness (QED) is 0.622. The molecule has 72 valence electrons. The molecule has 0 aliphatic rings. The Morgan fingerprint density at radius 2 is 2.31 bits per heavy atom. The van der Waals surface area contributed by atoms with E-state index in [0.717, 1.165) is 11.4 Å². The summed E-state index contributed by atoms with van der Waals surface area (Å²) in [5.74, 6) is 4.97. The van der Waals surface area contributed by atoms with E-state index in [1.165, 1.54) is 10.5 Å². The van der Waals surface area contributed by atoms with E-state index in [1.54, 1.807) is 11.8 Å². The molecule has 1 rings (SSSR count). The Hall–Kier alpha value is -0.220. The molecule has 0 spiro atoms. The maximum Gasteiger partial charge on any atom is 0.0720 e. The summed E-state index contributed by atoms with van der Waals surface area (Å²) >= 11 is 7.57. The van der Waals surface area contributed by atoms with Crippen LogP contribution in [0.15, 0.2) is 23.1 Å². The zero-order valence-electron chi connectivity index (χ0n) is 7.42. The molecule has 0 bridgehead atoms. The van der Waals surface area contributed by atoms with Gasteiger partial charge >= 0.3 is 0 Å². The maximum atomic E-state index is 5.87. The van der Waals surface area contributed by atoms with Crippen LogP contribution in [-0.2, 0) is 11.3 Å². The van der Waals surface area contributed by atoms with Crippen LogP contribution < -0.4 is 5.90 Å². The Kier molecular flexibility index (Phi) is 4.59. The summed E-state index contributed by atoms with van der Waals surface area (Å²) in [5.41, 5.74) is 1.19. The van der Waals surface area contributed by atoms with Crippen LogP contribution >= 0.6 is 23.4 Å². The number of nitrogens with two attached hydrogens (primary N) is 1. The van der Waals surface area contributed by atoms with Crippen LogP contribution in [0, 0.1) is 0 Å². The van der Waals surface area contributed by atoms with Crippen molar-refractivity contribution < 1.29 is 4.84 Å². The molecule has 0 aliphatic carbocycles. The van der Waals surface area contributed by atoms with Crippen LogP contribution in [-0.4, -0.2) is 12.9 Å². The summed E-state index contributed by atoms with van der Waals surface area (Å²) in [4.78, 5) is 5.76. The summed E-state index contributed by atoms with van der Waals surface area (Å²) in [6.07, 6.45) is 2.84. The highest BCUT2D eigenvalue weighted by molar-refractivity contribution is 7.98. The molecule has 0 aromatic heterocycles. The lowest BCUT2D eigenvalue weighted by Gasteiger charge is -2.06. The Morgan fingerprint density at radius 3 is 2.92 bits per heavy atom. The van der Waals surface area contributed by atoms with Crippen LogP contribution in [0.4, 0.5) is 0 Å². The first-order valence-electron chi connectivity index (χ1n) is 3.92. The van der Waals surface area contributed by atoms with Crippen molar-refractivity contribution >= 4 is 23.4 Å². The van der Waals surface area contributed by atoms with Gasteiger partial charge < -0.3 is 4.84 Å². The molecule has 2 N–H and O–H groups in total. The van der Waals surface area contributed by atoms with Crippen molar-refractivity contribution in [1.29, 1.82) is 0 Å². The van der Waals surface area contributed by atoms with Crippen LogP contribution in [0.1, 0.15) is 5.56 Å². The lowest BCUT2D eigenvalue weighted by molar-refractivity contribution is 0.141. The third kappa shape index (κ3) is 3.19. The van der Waals surface area contributed by atoms with Crippen molar-refractivity contribution in [2.24, 2.45) is 5.90 Å². The number of benzene rings is 1. The largest absolute Gasteiger partial charge is 0.304 e. The topological polar surface area (TPSA) is 35.2 Å². The van der Waals surface area contributed by atoms with Gasteiger partial charge in [-0.25, -0.2) is 5.90 Å². The van der Waals surface area contributed by atoms with Gasteiger partial charge in [0.1, 0.15) is 0 Å². The molecule has 2 nitrogen and oxygen atoms in total. The second-order valence-electron chi connectivity index (χ2n) is 2.58. The first kappa shape index (κ1) is 10.9. The van der Waals surface area contributed by atoms with E-state index < -0.39 is 0 Å². The summed E-state index contributed by atoms with van der Waals surface area (Å²) < 4.78 is 0. The second-order valence-corrected chi connectivity index (χ2v) is 3.86. The van der Waals surface area contributed by atoms with Gasteiger partial charge in [-0.15, -0.1) is 11.8 Å². The van der Waals surface area contributed by atoms with Crippen LogP contribution in [0.5, 0.6) is 0 Å². The van der Waals surface area contributed by atoms with E-state index in [1.807, 2.05) is 24.5 Å². The minimum atomic E-state index is 0.522. The van der Waals surface area contributed by atoms with Crippen LogP contribution in [0.25, 0.3) is 0 Å². The zero-order chi connectivity index (χ0) is 9.68. The van der Waals surface area contributed by atoms with E-state index >= 15 is 0 Å². The summed E-state index contributed by atoms with van der Waals surface area (Å²) in [7, 11) is 0. The van der Waals surface area contributed by atoms with Gasteiger partial charge in [0.25, 0.3) is 0 Å². The Balaban J connectivity index is 2.81. The number of thioether (sulfide) groups is 1. The molecular formula is C9H12ClNOS. The van der Waals surface area contributed by atoms with Crippen molar-refractivity contribution in [2.75, 3.05) is 12.9 Å². The number of rotatable bonds is 4. The normalized spacial score (nSPS) is 10.4. The SMILES string of the molecule is CSc1ccc(Cl)cc1CCON.